The number of allylic oxidation sites excluding steroid dienone is 1. The van der Waals surface area contributed by atoms with E-state index < -0.39 is 0 Å². The molecule has 1 atom stereocenters. The third-order valence-corrected chi connectivity index (χ3v) is 1.33. The SMILES string of the molecule is CO/C=C/C(C)CCCl. The fourth-order valence-corrected chi connectivity index (χ4v) is 0.825. The minimum atomic E-state index is 0.530. The highest BCUT2D eigenvalue weighted by molar-refractivity contribution is 6.17. The molecule has 0 aromatic heterocycles. The summed E-state index contributed by atoms with van der Waals surface area (Å²) < 4.78 is 4.74. The Balaban J connectivity index is 3.25. The van der Waals surface area contributed by atoms with Gasteiger partial charge < -0.3 is 4.74 Å². The van der Waals surface area contributed by atoms with Crippen LogP contribution in [0.5, 0.6) is 0 Å². The lowest BCUT2D eigenvalue weighted by atomic mass is 10.1. The second-order valence-corrected chi connectivity index (χ2v) is 2.40. The molecule has 0 bridgehead atoms. The van der Waals surface area contributed by atoms with Gasteiger partial charge in [-0.05, 0) is 18.4 Å². The molecule has 0 aliphatic rings. The summed E-state index contributed by atoms with van der Waals surface area (Å²) in [5, 5.41) is 0. The van der Waals surface area contributed by atoms with Crippen molar-refractivity contribution < 1.29 is 4.74 Å². The van der Waals surface area contributed by atoms with Crippen molar-refractivity contribution >= 4 is 11.6 Å². The average molecular weight is 149 g/mol. The Bertz CT molecular complexity index is 81.0. The van der Waals surface area contributed by atoms with Crippen LogP contribution in [0.25, 0.3) is 0 Å². The molecule has 0 fully saturated rings. The highest BCUT2D eigenvalue weighted by Crippen LogP contribution is 2.03. The van der Waals surface area contributed by atoms with Gasteiger partial charge in [0.25, 0.3) is 0 Å². The fraction of sp³-hybridized carbons (Fsp3) is 0.714. The molecule has 0 aliphatic heterocycles. The molecule has 0 aromatic carbocycles. The summed E-state index contributed by atoms with van der Waals surface area (Å²) in [6, 6.07) is 0. The van der Waals surface area contributed by atoms with Crippen LogP contribution in [-0.4, -0.2) is 13.0 Å². The molecule has 9 heavy (non-hydrogen) atoms. The van der Waals surface area contributed by atoms with Crippen molar-refractivity contribution in [2.45, 2.75) is 13.3 Å². The zero-order valence-corrected chi connectivity index (χ0v) is 6.69. The smallest absolute Gasteiger partial charge is 0.0787 e. The molecule has 0 saturated carbocycles. The number of hydrogen-bond donors (Lipinski definition) is 0. The molecule has 0 amide bonds. The van der Waals surface area contributed by atoms with Crippen LogP contribution in [0, 0.1) is 5.92 Å². The Morgan fingerprint density at radius 2 is 2.33 bits per heavy atom. The van der Waals surface area contributed by atoms with Crippen LogP contribution in [0.3, 0.4) is 0 Å². The molecule has 2 heteroatoms. The topological polar surface area (TPSA) is 9.23 Å². The van der Waals surface area contributed by atoms with Crippen LogP contribution in [0.4, 0.5) is 0 Å². The normalized spacial score (nSPS) is 14.1. The van der Waals surface area contributed by atoms with Crippen molar-refractivity contribution in [3.8, 4) is 0 Å². The van der Waals surface area contributed by atoms with Crippen molar-refractivity contribution in [3.63, 3.8) is 0 Å². The second kappa shape index (κ2) is 5.96. The average Bonchev–Trinajstić information content (AvgIpc) is 1.85. The highest BCUT2D eigenvalue weighted by Gasteiger charge is 1.92. The fourth-order valence-electron chi connectivity index (χ4n) is 0.481. The second-order valence-electron chi connectivity index (χ2n) is 2.02. The molecule has 0 heterocycles. The Labute approximate surface area is 61.7 Å². The van der Waals surface area contributed by atoms with Crippen LogP contribution in [0.1, 0.15) is 13.3 Å². The molecular weight excluding hydrogens is 136 g/mol. The maximum Gasteiger partial charge on any atom is 0.0787 e. The van der Waals surface area contributed by atoms with E-state index in [4.69, 9.17) is 16.3 Å². The first-order valence-electron chi connectivity index (χ1n) is 3.06. The van der Waals surface area contributed by atoms with Crippen molar-refractivity contribution in [2.75, 3.05) is 13.0 Å². The summed E-state index contributed by atoms with van der Waals surface area (Å²) in [4.78, 5) is 0. The van der Waals surface area contributed by atoms with Gasteiger partial charge in [0.1, 0.15) is 0 Å². The van der Waals surface area contributed by atoms with E-state index in [-0.39, 0.29) is 0 Å². The van der Waals surface area contributed by atoms with Gasteiger partial charge in [-0.15, -0.1) is 11.6 Å². The molecule has 1 nitrogen and oxygen atoms in total. The standard InChI is InChI=1S/C7H13ClO/c1-7(3-5-8)4-6-9-2/h4,6-7H,3,5H2,1-2H3/b6-4+. The molecule has 0 N–H and O–H groups in total. The van der Waals surface area contributed by atoms with Crippen LogP contribution >= 0.6 is 11.6 Å². The van der Waals surface area contributed by atoms with Crippen molar-refractivity contribution in [3.05, 3.63) is 12.3 Å². The number of halogens is 1. The minimum absolute atomic E-state index is 0.530. The minimum Gasteiger partial charge on any atom is -0.505 e. The van der Waals surface area contributed by atoms with E-state index in [1.165, 1.54) is 0 Å². The number of ether oxygens (including phenoxy) is 1. The van der Waals surface area contributed by atoms with Gasteiger partial charge in [-0.25, -0.2) is 0 Å². The first-order valence-corrected chi connectivity index (χ1v) is 3.60. The Morgan fingerprint density at radius 1 is 1.67 bits per heavy atom. The molecule has 0 radical (unpaired) electrons. The molecule has 54 valence electrons. The maximum atomic E-state index is 5.50. The molecule has 0 spiro atoms. The van der Waals surface area contributed by atoms with Crippen molar-refractivity contribution in [1.29, 1.82) is 0 Å². The van der Waals surface area contributed by atoms with Gasteiger partial charge in [-0.3, -0.25) is 0 Å². The van der Waals surface area contributed by atoms with Gasteiger partial charge in [0.2, 0.25) is 0 Å². The monoisotopic (exact) mass is 148 g/mol. The first kappa shape index (κ1) is 8.83. The van der Waals surface area contributed by atoms with E-state index in [1.54, 1.807) is 13.4 Å². The zero-order valence-electron chi connectivity index (χ0n) is 5.93. The van der Waals surface area contributed by atoms with Crippen LogP contribution in [0.2, 0.25) is 0 Å². The van der Waals surface area contributed by atoms with Gasteiger partial charge in [0.05, 0.1) is 13.4 Å². The predicted molar refractivity (Wildman–Crippen MR) is 40.7 cm³/mol. The van der Waals surface area contributed by atoms with E-state index in [9.17, 15) is 0 Å². The van der Waals surface area contributed by atoms with Gasteiger partial charge in [-0.1, -0.05) is 6.92 Å². The highest BCUT2D eigenvalue weighted by atomic mass is 35.5. The van der Waals surface area contributed by atoms with E-state index in [2.05, 4.69) is 6.92 Å². The van der Waals surface area contributed by atoms with Crippen molar-refractivity contribution in [1.82, 2.24) is 0 Å². The lowest BCUT2D eigenvalue weighted by Gasteiger charge is -1.99. The summed E-state index contributed by atoms with van der Waals surface area (Å²) in [6.07, 6.45) is 4.71. The quantitative estimate of drug-likeness (QED) is 0.440. The number of methoxy groups -OCH3 is 1. The Morgan fingerprint density at radius 3 is 2.78 bits per heavy atom. The van der Waals surface area contributed by atoms with Gasteiger partial charge >= 0.3 is 0 Å². The number of rotatable bonds is 4. The van der Waals surface area contributed by atoms with Crippen LogP contribution < -0.4 is 0 Å². The third-order valence-electron chi connectivity index (χ3n) is 1.11. The zero-order chi connectivity index (χ0) is 7.11. The summed E-state index contributed by atoms with van der Waals surface area (Å²) >= 11 is 5.50. The third kappa shape index (κ3) is 5.71. The lowest BCUT2D eigenvalue weighted by molar-refractivity contribution is 0.334. The van der Waals surface area contributed by atoms with Crippen molar-refractivity contribution in [2.24, 2.45) is 5.92 Å². The summed E-state index contributed by atoms with van der Waals surface area (Å²) in [5.74, 6) is 1.25. The Hall–Kier alpha value is -0.170. The van der Waals surface area contributed by atoms with Gasteiger partial charge in [0.15, 0.2) is 0 Å². The molecule has 0 aromatic rings. The largest absolute Gasteiger partial charge is 0.505 e. The van der Waals surface area contributed by atoms with Gasteiger partial charge in [0, 0.05) is 5.88 Å². The summed E-state index contributed by atoms with van der Waals surface area (Å²) in [5.41, 5.74) is 0. The van der Waals surface area contributed by atoms with Crippen LogP contribution in [-0.2, 0) is 4.74 Å². The van der Waals surface area contributed by atoms with Gasteiger partial charge in [-0.2, -0.15) is 0 Å². The van der Waals surface area contributed by atoms with E-state index in [1.807, 2.05) is 6.08 Å². The predicted octanol–water partition coefficient (Wildman–Crippen LogP) is 2.41. The lowest BCUT2D eigenvalue weighted by Crippen LogP contribution is -1.89. The summed E-state index contributed by atoms with van der Waals surface area (Å²) in [7, 11) is 1.64. The van der Waals surface area contributed by atoms with E-state index in [0.717, 1.165) is 12.3 Å². The van der Waals surface area contributed by atoms with E-state index in [0.29, 0.717) is 5.92 Å². The first-order chi connectivity index (χ1) is 4.31. The van der Waals surface area contributed by atoms with Crippen LogP contribution in [0.15, 0.2) is 12.3 Å². The number of hydrogen-bond acceptors (Lipinski definition) is 1. The number of alkyl halides is 1. The molecule has 0 rings (SSSR count). The summed E-state index contributed by atoms with van der Waals surface area (Å²) in [6.45, 7) is 2.11. The molecular formula is C7H13ClO. The molecule has 0 saturated heterocycles. The molecule has 0 aliphatic carbocycles. The molecule has 1 unspecified atom stereocenters. The maximum absolute atomic E-state index is 5.50. The Kier molecular flexibility index (Phi) is 5.85. The van der Waals surface area contributed by atoms with E-state index >= 15 is 0 Å².